The summed E-state index contributed by atoms with van der Waals surface area (Å²) in [4.78, 5) is 41.8. The van der Waals surface area contributed by atoms with Crippen LogP contribution in [-0.2, 0) is 16.0 Å². The first-order valence-electron chi connectivity index (χ1n) is 14.8. The fraction of sp³-hybridized carbons (Fsp3) is 0.677. The number of piperazine rings is 1. The molecule has 2 aliphatic heterocycles. The van der Waals surface area contributed by atoms with Crippen molar-refractivity contribution in [1.82, 2.24) is 20.0 Å². The molecule has 10 heteroatoms. The Bertz CT molecular complexity index is 1160. The first kappa shape index (κ1) is 30.9. The molecule has 2 heterocycles. The summed E-state index contributed by atoms with van der Waals surface area (Å²) in [5, 5.41) is 20.3. The van der Waals surface area contributed by atoms with E-state index >= 15 is 0 Å². The van der Waals surface area contributed by atoms with Crippen LogP contribution in [0.15, 0.2) is 18.2 Å². The number of alkyl carbamates (subject to hydrolysis) is 1. The number of fused-ring (bicyclic) bond motifs is 3. The summed E-state index contributed by atoms with van der Waals surface area (Å²) in [5.41, 5.74) is 2.15. The molecule has 1 aromatic carbocycles. The molecule has 0 aromatic heterocycles. The number of rotatable bonds is 9. The van der Waals surface area contributed by atoms with Crippen LogP contribution < -0.4 is 5.32 Å². The molecule has 10 nitrogen and oxygen atoms in total. The van der Waals surface area contributed by atoms with Gasteiger partial charge in [0.25, 0.3) is 0 Å². The lowest BCUT2D eigenvalue weighted by Crippen LogP contribution is -2.52. The van der Waals surface area contributed by atoms with Crippen LogP contribution in [-0.4, -0.2) is 101 Å². The third kappa shape index (κ3) is 7.64. The number of carboxylic acids is 1. The molecule has 2 bridgehead atoms. The zero-order valence-electron chi connectivity index (χ0n) is 25.0. The number of carbonyl (C=O) groups is 3. The molecule has 0 radical (unpaired) electrons. The number of hydrogen-bond acceptors (Lipinski definition) is 8. The first-order chi connectivity index (χ1) is 19.4. The third-order valence-electron chi connectivity index (χ3n) is 8.83. The van der Waals surface area contributed by atoms with Gasteiger partial charge in [0.1, 0.15) is 17.9 Å². The molecule has 2 saturated heterocycles. The number of carbonyl (C=O) groups excluding carboxylic acids is 2. The number of benzene rings is 1. The molecule has 1 amide bonds. The van der Waals surface area contributed by atoms with Crippen LogP contribution in [0.2, 0.25) is 0 Å². The minimum atomic E-state index is -0.883. The number of amides is 1. The highest BCUT2D eigenvalue weighted by molar-refractivity contribution is 5.88. The lowest BCUT2D eigenvalue weighted by molar-refractivity contribution is -0.110. The first-order valence-corrected chi connectivity index (χ1v) is 14.8. The zero-order chi connectivity index (χ0) is 29.9. The quantitative estimate of drug-likeness (QED) is 0.341. The Morgan fingerprint density at radius 1 is 1.27 bits per heavy atom. The molecule has 5 unspecified atom stereocenters. The second-order valence-electron chi connectivity index (χ2n) is 12.9. The Morgan fingerprint density at radius 3 is 2.59 bits per heavy atom. The maximum Gasteiger partial charge on any atom is 0.408 e. The van der Waals surface area contributed by atoms with E-state index in [1.165, 1.54) is 18.4 Å². The van der Waals surface area contributed by atoms with E-state index in [0.29, 0.717) is 42.8 Å². The molecule has 5 rings (SSSR count). The number of nitrogens with one attached hydrogen (secondary N) is 1. The van der Waals surface area contributed by atoms with Gasteiger partial charge in [-0.1, -0.05) is 19.4 Å². The smallest absolute Gasteiger partial charge is 0.408 e. The van der Waals surface area contributed by atoms with Crippen molar-refractivity contribution in [3.05, 3.63) is 34.9 Å². The van der Waals surface area contributed by atoms with Gasteiger partial charge in [0.2, 0.25) is 0 Å². The van der Waals surface area contributed by atoms with E-state index in [1.807, 2.05) is 19.2 Å². The SMILES string of the molecule is CC(C)(C)OC(=O)NC(C=O)CN1C[C@@H]2CC1CN2C1CCc2cc(C(=O)O)ccc21.CCC1CC1N(C)CC#N. The summed E-state index contributed by atoms with van der Waals surface area (Å²) in [7, 11) is 2.03. The van der Waals surface area contributed by atoms with E-state index in [2.05, 4.69) is 33.0 Å². The lowest BCUT2D eigenvalue weighted by Gasteiger charge is -2.38. The Morgan fingerprint density at radius 2 is 2.02 bits per heavy atom. The van der Waals surface area contributed by atoms with Crippen LogP contribution in [0.1, 0.15) is 80.9 Å². The second kappa shape index (κ2) is 12.9. The predicted octanol–water partition coefficient (Wildman–Crippen LogP) is 3.46. The van der Waals surface area contributed by atoms with Crippen LogP contribution in [0.25, 0.3) is 0 Å². The number of aromatic carboxylic acids is 1. The average molecular weight is 568 g/mol. The van der Waals surface area contributed by atoms with Gasteiger partial charge < -0.3 is 20.0 Å². The normalized spacial score (nSPS) is 27.4. The highest BCUT2D eigenvalue weighted by atomic mass is 16.6. The van der Waals surface area contributed by atoms with Crippen molar-refractivity contribution in [3.8, 4) is 6.07 Å². The van der Waals surface area contributed by atoms with Gasteiger partial charge in [-0.3, -0.25) is 14.7 Å². The molecule has 2 N–H and O–H groups in total. The van der Waals surface area contributed by atoms with Crippen molar-refractivity contribution in [2.45, 2.75) is 95.6 Å². The van der Waals surface area contributed by atoms with Crippen molar-refractivity contribution in [2.75, 3.05) is 33.2 Å². The topological polar surface area (TPSA) is 126 Å². The molecule has 224 valence electrons. The van der Waals surface area contributed by atoms with Crippen molar-refractivity contribution < 1.29 is 24.2 Å². The highest BCUT2D eigenvalue weighted by Gasteiger charge is 2.47. The number of carboxylic acid groups (broad SMARTS) is 1. The number of nitrogens with zero attached hydrogens (tertiary/aromatic N) is 4. The van der Waals surface area contributed by atoms with Gasteiger partial charge in [-0.25, -0.2) is 9.59 Å². The number of likely N-dealkylation sites (tertiary alicyclic amines) is 2. The molecule has 6 atom stereocenters. The number of aldehydes is 1. The van der Waals surface area contributed by atoms with Gasteiger partial charge in [0, 0.05) is 43.8 Å². The predicted molar refractivity (Wildman–Crippen MR) is 155 cm³/mol. The minimum Gasteiger partial charge on any atom is -0.478 e. The number of ether oxygens (including phenoxy) is 1. The number of nitriles is 1. The average Bonchev–Trinajstić information content (AvgIpc) is 3.19. The van der Waals surface area contributed by atoms with Crippen molar-refractivity contribution in [1.29, 1.82) is 5.26 Å². The monoisotopic (exact) mass is 567 g/mol. The van der Waals surface area contributed by atoms with E-state index in [1.54, 1.807) is 26.8 Å². The molecule has 41 heavy (non-hydrogen) atoms. The Labute approximate surface area is 243 Å². The molecule has 1 saturated carbocycles. The van der Waals surface area contributed by atoms with Gasteiger partial charge in [0.15, 0.2) is 0 Å². The summed E-state index contributed by atoms with van der Waals surface area (Å²) in [6.45, 7) is 10.4. The minimum absolute atomic E-state index is 0.330. The summed E-state index contributed by atoms with van der Waals surface area (Å²) in [5.74, 6) is -0.00908. The van der Waals surface area contributed by atoms with Crippen LogP contribution in [0, 0.1) is 17.2 Å². The van der Waals surface area contributed by atoms with E-state index in [0.717, 1.165) is 50.1 Å². The van der Waals surface area contributed by atoms with Crippen LogP contribution in [0.3, 0.4) is 0 Å². The molecule has 2 aliphatic carbocycles. The van der Waals surface area contributed by atoms with E-state index in [9.17, 15) is 19.5 Å². The maximum atomic E-state index is 12.0. The molecule has 4 aliphatic rings. The van der Waals surface area contributed by atoms with Crippen LogP contribution in [0.5, 0.6) is 0 Å². The summed E-state index contributed by atoms with van der Waals surface area (Å²) < 4.78 is 5.27. The highest BCUT2D eigenvalue weighted by Crippen LogP contribution is 2.43. The van der Waals surface area contributed by atoms with Crippen molar-refractivity contribution in [3.63, 3.8) is 0 Å². The van der Waals surface area contributed by atoms with Gasteiger partial charge in [-0.05, 0) is 82.7 Å². The van der Waals surface area contributed by atoms with Crippen molar-refractivity contribution >= 4 is 18.3 Å². The van der Waals surface area contributed by atoms with Gasteiger partial charge in [0.05, 0.1) is 18.2 Å². The standard InChI is InChI=1S/C23H31N3O5.C8H14N2/c1-23(2,3)31-22(30)24-16(13-27)10-25-11-18-9-17(25)12-26(18)20-7-5-14-8-15(21(28)29)4-6-19(14)20;1-3-7-6-8(7)10(2)5-4-9/h4,6,8,13,16-18,20H,5,7,9-12H2,1-3H3,(H,24,30)(H,28,29);7-8H,3,5-6H2,1-2H3/t16?,17?,18-,20?;/m0./s1. The Hall–Kier alpha value is -3.00. The number of aryl methyl sites for hydroxylation is 1. The number of hydrogen-bond donors (Lipinski definition) is 2. The molecule has 0 spiro atoms. The second-order valence-corrected chi connectivity index (χ2v) is 12.9. The molecule has 1 aromatic rings. The van der Waals surface area contributed by atoms with Crippen LogP contribution in [0.4, 0.5) is 4.79 Å². The summed E-state index contributed by atoms with van der Waals surface area (Å²) in [6.07, 6.45) is 5.75. The van der Waals surface area contributed by atoms with Gasteiger partial charge >= 0.3 is 12.1 Å². The fourth-order valence-corrected chi connectivity index (χ4v) is 6.73. The van der Waals surface area contributed by atoms with Crippen molar-refractivity contribution in [2.24, 2.45) is 5.92 Å². The molecular weight excluding hydrogens is 522 g/mol. The van der Waals surface area contributed by atoms with Gasteiger partial charge in [-0.15, -0.1) is 0 Å². The van der Waals surface area contributed by atoms with E-state index in [4.69, 9.17) is 10.00 Å². The maximum absolute atomic E-state index is 12.0. The van der Waals surface area contributed by atoms with E-state index < -0.39 is 23.7 Å². The lowest BCUT2D eigenvalue weighted by atomic mass is 10.0. The molecular formula is C31H45N5O5. The van der Waals surface area contributed by atoms with E-state index in [-0.39, 0.29) is 0 Å². The fourth-order valence-electron chi connectivity index (χ4n) is 6.73. The largest absolute Gasteiger partial charge is 0.478 e. The summed E-state index contributed by atoms with van der Waals surface area (Å²) in [6, 6.07) is 8.88. The van der Waals surface area contributed by atoms with Gasteiger partial charge in [-0.2, -0.15) is 5.26 Å². The Kier molecular flexibility index (Phi) is 9.73. The zero-order valence-corrected chi connectivity index (χ0v) is 25.0. The Balaban J connectivity index is 0.000000328. The van der Waals surface area contributed by atoms with Crippen LogP contribution >= 0.6 is 0 Å². The summed E-state index contributed by atoms with van der Waals surface area (Å²) >= 11 is 0. The molecule has 3 fully saturated rings. The third-order valence-corrected chi connectivity index (χ3v) is 8.83.